The van der Waals surface area contributed by atoms with Crippen LogP contribution in [0.4, 0.5) is 9.59 Å². The summed E-state index contributed by atoms with van der Waals surface area (Å²) >= 11 is 0. The molecular weight excluding hydrogens is 402 g/mol. The van der Waals surface area contributed by atoms with Gasteiger partial charge in [-0.1, -0.05) is 20.8 Å². The number of aliphatic carboxylic acids is 1. The van der Waals surface area contributed by atoms with Gasteiger partial charge in [-0.05, 0) is 59.8 Å². The fourth-order valence-electron chi connectivity index (χ4n) is 3.23. The summed E-state index contributed by atoms with van der Waals surface area (Å²) in [4.78, 5) is 37.8. The second kappa shape index (κ2) is 10.1. The summed E-state index contributed by atoms with van der Waals surface area (Å²) in [6.45, 7) is 17.4. The van der Waals surface area contributed by atoms with Gasteiger partial charge in [0.2, 0.25) is 0 Å². The molecule has 0 aliphatic carbocycles. The van der Waals surface area contributed by atoms with Crippen molar-refractivity contribution in [3.8, 4) is 0 Å². The molecule has 180 valence electrons. The van der Waals surface area contributed by atoms with Crippen molar-refractivity contribution in [2.75, 3.05) is 13.1 Å². The molecule has 0 radical (unpaired) electrons. The minimum Gasteiger partial charge on any atom is -0.480 e. The SMILES string of the molecule is CC(C)(C)OC(=O)N[C@H](CNC1CCN(C(=O)OC(C)(C)C)C(C(=O)O)C1)C(C)(C)C. The number of hydrogen-bond donors (Lipinski definition) is 3. The van der Waals surface area contributed by atoms with E-state index in [-0.39, 0.29) is 30.5 Å². The van der Waals surface area contributed by atoms with Gasteiger partial charge in [0.15, 0.2) is 0 Å². The van der Waals surface area contributed by atoms with Crippen LogP contribution in [0, 0.1) is 5.41 Å². The van der Waals surface area contributed by atoms with Gasteiger partial charge in [0.25, 0.3) is 0 Å². The van der Waals surface area contributed by atoms with Gasteiger partial charge in [-0.2, -0.15) is 0 Å². The first-order chi connectivity index (χ1) is 13.9. The molecule has 2 amide bonds. The van der Waals surface area contributed by atoms with Gasteiger partial charge in [-0.15, -0.1) is 0 Å². The predicted molar refractivity (Wildman–Crippen MR) is 118 cm³/mol. The van der Waals surface area contributed by atoms with E-state index in [4.69, 9.17) is 9.47 Å². The third-order valence-corrected chi connectivity index (χ3v) is 4.86. The summed E-state index contributed by atoms with van der Waals surface area (Å²) in [6.07, 6.45) is -0.251. The van der Waals surface area contributed by atoms with Crippen LogP contribution in [-0.4, -0.2) is 70.6 Å². The monoisotopic (exact) mass is 443 g/mol. The van der Waals surface area contributed by atoms with Crippen molar-refractivity contribution in [2.24, 2.45) is 5.41 Å². The van der Waals surface area contributed by atoms with Crippen molar-refractivity contribution in [3.63, 3.8) is 0 Å². The smallest absolute Gasteiger partial charge is 0.411 e. The molecule has 1 fully saturated rings. The van der Waals surface area contributed by atoms with Crippen molar-refractivity contribution < 1.29 is 29.0 Å². The third kappa shape index (κ3) is 9.76. The van der Waals surface area contributed by atoms with E-state index in [9.17, 15) is 19.5 Å². The van der Waals surface area contributed by atoms with Gasteiger partial charge in [0, 0.05) is 25.2 Å². The number of rotatable bonds is 5. The number of carboxylic acid groups (broad SMARTS) is 1. The first-order valence-electron chi connectivity index (χ1n) is 10.8. The van der Waals surface area contributed by atoms with Crippen LogP contribution in [0.3, 0.4) is 0 Å². The zero-order valence-corrected chi connectivity index (χ0v) is 20.5. The first kappa shape index (κ1) is 27.0. The molecule has 1 aliphatic heterocycles. The molecular formula is C22H41N3O6. The lowest BCUT2D eigenvalue weighted by Gasteiger charge is -2.39. The maximum Gasteiger partial charge on any atom is 0.411 e. The number of alkyl carbamates (subject to hydrolysis) is 1. The van der Waals surface area contributed by atoms with E-state index in [1.54, 1.807) is 41.5 Å². The highest BCUT2D eigenvalue weighted by Crippen LogP contribution is 2.23. The van der Waals surface area contributed by atoms with Crippen LogP contribution in [0.25, 0.3) is 0 Å². The number of ether oxygens (including phenoxy) is 2. The number of carbonyl (C=O) groups excluding carboxylic acids is 2. The number of nitrogens with one attached hydrogen (secondary N) is 2. The molecule has 3 atom stereocenters. The van der Waals surface area contributed by atoms with E-state index >= 15 is 0 Å². The van der Waals surface area contributed by atoms with E-state index < -0.39 is 35.4 Å². The van der Waals surface area contributed by atoms with Crippen molar-refractivity contribution in [3.05, 3.63) is 0 Å². The molecule has 3 N–H and O–H groups in total. The Morgan fingerprint density at radius 3 is 2.00 bits per heavy atom. The predicted octanol–water partition coefficient (Wildman–Crippen LogP) is 3.37. The number of nitrogens with zero attached hydrogens (tertiary/aromatic N) is 1. The number of carbonyl (C=O) groups is 3. The quantitative estimate of drug-likeness (QED) is 0.596. The van der Waals surface area contributed by atoms with Crippen LogP contribution in [0.5, 0.6) is 0 Å². The minimum absolute atomic E-state index is 0.106. The molecule has 0 aromatic rings. The van der Waals surface area contributed by atoms with E-state index in [0.717, 1.165) is 0 Å². The topological polar surface area (TPSA) is 117 Å². The highest BCUT2D eigenvalue weighted by molar-refractivity contribution is 5.80. The van der Waals surface area contributed by atoms with Crippen LogP contribution in [-0.2, 0) is 14.3 Å². The van der Waals surface area contributed by atoms with Gasteiger partial charge in [-0.25, -0.2) is 14.4 Å². The molecule has 0 saturated carbocycles. The Morgan fingerprint density at radius 2 is 1.55 bits per heavy atom. The van der Waals surface area contributed by atoms with Crippen LogP contribution >= 0.6 is 0 Å². The number of hydrogen-bond acceptors (Lipinski definition) is 6. The van der Waals surface area contributed by atoms with Crippen molar-refractivity contribution in [2.45, 2.75) is 104 Å². The number of amides is 2. The number of piperidine rings is 1. The van der Waals surface area contributed by atoms with Crippen LogP contribution < -0.4 is 10.6 Å². The largest absolute Gasteiger partial charge is 0.480 e. The van der Waals surface area contributed by atoms with Gasteiger partial charge < -0.3 is 25.2 Å². The summed E-state index contributed by atoms with van der Waals surface area (Å²) in [5.41, 5.74) is -1.53. The lowest BCUT2D eigenvalue weighted by atomic mass is 9.86. The van der Waals surface area contributed by atoms with Gasteiger partial charge >= 0.3 is 18.2 Å². The van der Waals surface area contributed by atoms with Crippen molar-refractivity contribution >= 4 is 18.2 Å². The van der Waals surface area contributed by atoms with Crippen molar-refractivity contribution in [1.82, 2.24) is 15.5 Å². The first-order valence-corrected chi connectivity index (χ1v) is 10.8. The van der Waals surface area contributed by atoms with Gasteiger partial charge in [0.1, 0.15) is 17.2 Å². The summed E-state index contributed by atoms with van der Waals surface area (Å²) in [6, 6.07) is -1.30. The van der Waals surface area contributed by atoms with E-state index in [1.165, 1.54) is 4.90 Å². The van der Waals surface area contributed by atoms with Gasteiger partial charge in [0.05, 0.1) is 0 Å². The zero-order valence-electron chi connectivity index (χ0n) is 20.5. The molecule has 0 aromatic heterocycles. The molecule has 1 rings (SSSR count). The standard InChI is InChI=1S/C22H41N3O6/c1-20(2,3)16(24-18(28)30-21(4,5)6)13-23-14-10-11-25(15(12-14)17(26)27)19(29)31-22(7,8)9/h14-16,23H,10-13H2,1-9H3,(H,24,28)(H,26,27)/t14?,15?,16-/m1/s1. The molecule has 9 heteroatoms. The summed E-state index contributed by atoms with van der Waals surface area (Å²) in [7, 11) is 0. The van der Waals surface area contributed by atoms with E-state index in [1.807, 2.05) is 20.8 Å². The summed E-state index contributed by atoms with van der Waals surface area (Å²) in [5.74, 6) is -1.06. The van der Waals surface area contributed by atoms with E-state index in [2.05, 4.69) is 10.6 Å². The van der Waals surface area contributed by atoms with Crippen LogP contribution in [0.1, 0.15) is 75.2 Å². The second-order valence-corrected chi connectivity index (χ2v) is 11.2. The molecule has 2 unspecified atom stereocenters. The molecule has 0 aromatic carbocycles. The molecule has 0 spiro atoms. The maximum absolute atomic E-state index is 12.4. The minimum atomic E-state index is -1.06. The number of carboxylic acids is 1. The fourth-order valence-corrected chi connectivity index (χ4v) is 3.23. The Hall–Kier alpha value is -2.03. The Balaban J connectivity index is 2.76. The zero-order chi connectivity index (χ0) is 24.2. The average Bonchev–Trinajstić information content (AvgIpc) is 2.54. The van der Waals surface area contributed by atoms with Crippen LogP contribution in [0.2, 0.25) is 0 Å². The average molecular weight is 444 g/mol. The molecule has 0 bridgehead atoms. The summed E-state index contributed by atoms with van der Waals surface area (Å²) in [5, 5.41) is 15.9. The highest BCUT2D eigenvalue weighted by atomic mass is 16.6. The molecule has 1 heterocycles. The molecule has 9 nitrogen and oxygen atoms in total. The Morgan fingerprint density at radius 1 is 1.00 bits per heavy atom. The highest BCUT2D eigenvalue weighted by Gasteiger charge is 2.39. The van der Waals surface area contributed by atoms with Crippen molar-refractivity contribution in [1.29, 1.82) is 0 Å². The van der Waals surface area contributed by atoms with E-state index in [0.29, 0.717) is 13.0 Å². The Labute approximate surface area is 186 Å². The molecule has 1 saturated heterocycles. The maximum atomic E-state index is 12.4. The molecule has 1 aliphatic rings. The Kier molecular flexibility index (Phi) is 8.76. The van der Waals surface area contributed by atoms with Crippen LogP contribution in [0.15, 0.2) is 0 Å². The third-order valence-electron chi connectivity index (χ3n) is 4.86. The fraction of sp³-hybridized carbons (Fsp3) is 0.864. The number of likely N-dealkylation sites (tertiary alicyclic amines) is 1. The second-order valence-electron chi connectivity index (χ2n) is 11.2. The lowest BCUT2D eigenvalue weighted by molar-refractivity contribution is -0.144. The lowest BCUT2D eigenvalue weighted by Crippen LogP contribution is -2.57. The molecule has 31 heavy (non-hydrogen) atoms. The Bertz CT molecular complexity index is 645. The normalized spacial score (nSPS) is 21.3. The summed E-state index contributed by atoms with van der Waals surface area (Å²) < 4.78 is 10.7. The van der Waals surface area contributed by atoms with Gasteiger partial charge in [-0.3, -0.25) is 4.90 Å².